The van der Waals surface area contributed by atoms with Crippen molar-refractivity contribution in [2.24, 2.45) is 0 Å². The highest BCUT2D eigenvalue weighted by Gasteiger charge is 2.14. The zero-order chi connectivity index (χ0) is 11.2. The molecule has 0 aliphatic rings. The predicted molar refractivity (Wildman–Crippen MR) is 59.5 cm³/mol. The molecule has 0 aromatic carbocycles. The van der Waals surface area contributed by atoms with Gasteiger partial charge < -0.3 is 9.84 Å². The van der Waals surface area contributed by atoms with Crippen LogP contribution in [0, 0.1) is 0 Å². The SMILES string of the molecule is COC(=O)CCC(O)CSC(C)(C)C. The average Bonchev–Trinajstić information content (AvgIpc) is 2.09. The first-order chi connectivity index (χ1) is 6.35. The Morgan fingerprint density at radius 1 is 1.50 bits per heavy atom. The van der Waals surface area contributed by atoms with Crippen molar-refractivity contribution in [3.63, 3.8) is 0 Å². The molecule has 0 fully saturated rings. The van der Waals surface area contributed by atoms with Gasteiger partial charge in [0.2, 0.25) is 0 Å². The second-order valence-corrected chi connectivity index (χ2v) is 6.04. The van der Waals surface area contributed by atoms with Crippen molar-refractivity contribution in [3.8, 4) is 0 Å². The van der Waals surface area contributed by atoms with E-state index in [2.05, 4.69) is 25.5 Å². The van der Waals surface area contributed by atoms with Gasteiger partial charge in [0.25, 0.3) is 0 Å². The van der Waals surface area contributed by atoms with Gasteiger partial charge in [-0.1, -0.05) is 20.8 Å². The number of aliphatic hydroxyl groups excluding tert-OH is 1. The van der Waals surface area contributed by atoms with Crippen molar-refractivity contribution < 1.29 is 14.6 Å². The number of rotatable bonds is 5. The van der Waals surface area contributed by atoms with Crippen LogP contribution in [0.3, 0.4) is 0 Å². The number of esters is 1. The normalized spacial score (nSPS) is 13.8. The molecule has 0 aliphatic carbocycles. The molecule has 84 valence electrons. The molecule has 1 atom stereocenters. The number of thioether (sulfide) groups is 1. The average molecular weight is 220 g/mol. The van der Waals surface area contributed by atoms with Gasteiger partial charge in [0.15, 0.2) is 0 Å². The Labute approximate surface area is 90.2 Å². The summed E-state index contributed by atoms with van der Waals surface area (Å²) in [6.45, 7) is 6.31. The first kappa shape index (κ1) is 13.8. The lowest BCUT2D eigenvalue weighted by Crippen LogP contribution is -2.18. The number of hydrogen-bond acceptors (Lipinski definition) is 4. The number of methoxy groups -OCH3 is 1. The lowest BCUT2D eigenvalue weighted by atomic mass is 10.2. The summed E-state index contributed by atoms with van der Waals surface area (Å²) in [7, 11) is 1.36. The van der Waals surface area contributed by atoms with E-state index in [4.69, 9.17) is 0 Å². The van der Waals surface area contributed by atoms with Gasteiger partial charge in [-0.15, -0.1) is 0 Å². The highest BCUT2D eigenvalue weighted by Crippen LogP contribution is 2.24. The Hall–Kier alpha value is -0.220. The molecule has 0 bridgehead atoms. The Morgan fingerprint density at radius 2 is 2.07 bits per heavy atom. The maximum Gasteiger partial charge on any atom is 0.305 e. The van der Waals surface area contributed by atoms with Crippen molar-refractivity contribution in [3.05, 3.63) is 0 Å². The number of hydrogen-bond donors (Lipinski definition) is 1. The Morgan fingerprint density at radius 3 is 2.50 bits per heavy atom. The lowest BCUT2D eigenvalue weighted by Gasteiger charge is -2.19. The van der Waals surface area contributed by atoms with Crippen molar-refractivity contribution >= 4 is 17.7 Å². The highest BCUT2D eigenvalue weighted by molar-refractivity contribution is 8.00. The minimum Gasteiger partial charge on any atom is -0.469 e. The van der Waals surface area contributed by atoms with E-state index in [0.717, 1.165) is 0 Å². The fourth-order valence-electron chi connectivity index (χ4n) is 0.816. The summed E-state index contributed by atoms with van der Waals surface area (Å²) in [5.41, 5.74) is 0. The number of carbonyl (C=O) groups excluding carboxylic acids is 1. The van der Waals surface area contributed by atoms with Crippen molar-refractivity contribution in [2.75, 3.05) is 12.9 Å². The molecule has 0 rings (SSSR count). The van der Waals surface area contributed by atoms with Crippen LogP contribution in [0.2, 0.25) is 0 Å². The maximum atomic E-state index is 10.8. The molecule has 0 amide bonds. The molecule has 0 saturated heterocycles. The summed E-state index contributed by atoms with van der Waals surface area (Å²) >= 11 is 1.70. The quantitative estimate of drug-likeness (QED) is 0.718. The van der Waals surface area contributed by atoms with Crippen LogP contribution in [0.4, 0.5) is 0 Å². The van der Waals surface area contributed by atoms with E-state index in [1.807, 2.05) is 0 Å². The summed E-state index contributed by atoms with van der Waals surface area (Å²) in [5, 5.41) is 9.53. The molecule has 0 aliphatic heterocycles. The van der Waals surface area contributed by atoms with Crippen LogP contribution in [-0.4, -0.2) is 34.8 Å². The van der Waals surface area contributed by atoms with Crippen LogP contribution in [0.25, 0.3) is 0 Å². The van der Waals surface area contributed by atoms with Crippen LogP contribution in [-0.2, 0) is 9.53 Å². The van der Waals surface area contributed by atoms with Crippen LogP contribution in [0.5, 0.6) is 0 Å². The van der Waals surface area contributed by atoms with Gasteiger partial charge in [-0.2, -0.15) is 11.8 Å². The standard InChI is InChI=1S/C10H20O3S/c1-10(2,3)14-7-8(11)5-6-9(12)13-4/h8,11H,5-7H2,1-4H3. The summed E-state index contributed by atoms with van der Waals surface area (Å²) in [6, 6.07) is 0. The van der Waals surface area contributed by atoms with E-state index in [1.54, 1.807) is 11.8 Å². The molecule has 1 unspecified atom stereocenters. The molecule has 0 saturated carbocycles. The molecule has 1 N–H and O–H groups in total. The first-order valence-corrected chi connectivity index (χ1v) is 5.72. The van der Waals surface area contributed by atoms with Gasteiger partial charge in [-0.3, -0.25) is 4.79 Å². The molecule has 14 heavy (non-hydrogen) atoms. The number of aliphatic hydroxyl groups is 1. The lowest BCUT2D eigenvalue weighted by molar-refractivity contribution is -0.141. The predicted octanol–water partition coefficient (Wildman–Crippen LogP) is 1.83. The second kappa shape index (κ2) is 6.30. The Bertz CT molecular complexity index is 175. The third-order valence-electron chi connectivity index (χ3n) is 1.62. The van der Waals surface area contributed by atoms with E-state index < -0.39 is 6.10 Å². The third-order valence-corrected chi connectivity index (χ3v) is 3.04. The van der Waals surface area contributed by atoms with Gasteiger partial charge >= 0.3 is 5.97 Å². The largest absolute Gasteiger partial charge is 0.469 e. The van der Waals surface area contributed by atoms with Gasteiger partial charge in [0.05, 0.1) is 13.2 Å². The third kappa shape index (κ3) is 8.38. The Kier molecular flexibility index (Phi) is 6.20. The molecule has 0 aromatic heterocycles. The van der Waals surface area contributed by atoms with Crippen LogP contribution in [0.15, 0.2) is 0 Å². The summed E-state index contributed by atoms with van der Waals surface area (Å²) in [6.07, 6.45) is 0.358. The van der Waals surface area contributed by atoms with E-state index in [1.165, 1.54) is 7.11 Å². The fraction of sp³-hybridized carbons (Fsp3) is 0.900. The molecule has 0 spiro atoms. The zero-order valence-electron chi connectivity index (χ0n) is 9.37. The molecular formula is C10H20O3S. The Balaban J connectivity index is 3.56. The van der Waals surface area contributed by atoms with Gasteiger partial charge in [-0.05, 0) is 6.42 Å². The molecular weight excluding hydrogens is 200 g/mol. The van der Waals surface area contributed by atoms with Crippen LogP contribution >= 0.6 is 11.8 Å². The first-order valence-electron chi connectivity index (χ1n) is 4.74. The van der Waals surface area contributed by atoms with Crippen LogP contribution in [0.1, 0.15) is 33.6 Å². The van der Waals surface area contributed by atoms with Crippen molar-refractivity contribution in [2.45, 2.75) is 44.5 Å². The molecule has 4 heteroatoms. The molecule has 3 nitrogen and oxygen atoms in total. The number of carbonyl (C=O) groups is 1. The van der Waals surface area contributed by atoms with Gasteiger partial charge in [-0.25, -0.2) is 0 Å². The monoisotopic (exact) mass is 220 g/mol. The van der Waals surface area contributed by atoms with Crippen molar-refractivity contribution in [1.82, 2.24) is 0 Å². The minimum atomic E-state index is -0.418. The smallest absolute Gasteiger partial charge is 0.305 e. The zero-order valence-corrected chi connectivity index (χ0v) is 10.2. The molecule has 0 heterocycles. The summed E-state index contributed by atoms with van der Waals surface area (Å²) in [5.74, 6) is 0.408. The maximum absolute atomic E-state index is 10.8. The second-order valence-electron chi connectivity index (χ2n) is 4.19. The van der Waals surface area contributed by atoms with Gasteiger partial charge in [0.1, 0.15) is 0 Å². The fourth-order valence-corrected chi connectivity index (χ4v) is 1.68. The highest BCUT2D eigenvalue weighted by atomic mass is 32.2. The minimum absolute atomic E-state index is 0.159. The van der Waals surface area contributed by atoms with Crippen molar-refractivity contribution in [1.29, 1.82) is 0 Å². The van der Waals surface area contributed by atoms with E-state index in [9.17, 15) is 9.90 Å². The molecule has 0 aromatic rings. The van der Waals surface area contributed by atoms with E-state index >= 15 is 0 Å². The number of ether oxygens (including phenoxy) is 1. The van der Waals surface area contributed by atoms with E-state index in [0.29, 0.717) is 18.6 Å². The van der Waals surface area contributed by atoms with Crippen LogP contribution < -0.4 is 0 Å². The summed E-state index contributed by atoms with van der Waals surface area (Å²) in [4.78, 5) is 10.8. The topological polar surface area (TPSA) is 46.5 Å². The van der Waals surface area contributed by atoms with Gasteiger partial charge in [0, 0.05) is 16.9 Å². The molecule has 0 radical (unpaired) electrons. The van der Waals surface area contributed by atoms with E-state index in [-0.39, 0.29) is 10.7 Å². The summed E-state index contributed by atoms with van der Waals surface area (Å²) < 4.78 is 4.65.